The molecule has 1 aliphatic rings. The van der Waals surface area contributed by atoms with E-state index in [2.05, 4.69) is 24.7 Å². The zero-order valence-electron chi connectivity index (χ0n) is 15.2. The standard InChI is InChI=1S/C20H22N2O5/c1-13(2)11-25-15-9-7-14(8-10-15)19(23)21-22-20(24)18-12-26-16-5-3-4-6-17(16)27-18/h3-10,13,18H,11-12H2,1-2H3,(H,21,23)(H,22,24)/t18-/m1/s1. The van der Waals surface area contributed by atoms with E-state index >= 15 is 0 Å². The molecule has 0 aromatic heterocycles. The second kappa shape index (κ2) is 8.44. The molecule has 2 N–H and O–H groups in total. The fraction of sp³-hybridized carbons (Fsp3) is 0.300. The quantitative estimate of drug-likeness (QED) is 0.789. The van der Waals surface area contributed by atoms with Crippen LogP contribution in [-0.4, -0.2) is 31.1 Å². The molecule has 1 aliphatic heterocycles. The Labute approximate surface area is 157 Å². The van der Waals surface area contributed by atoms with Gasteiger partial charge in [-0.25, -0.2) is 0 Å². The molecule has 27 heavy (non-hydrogen) atoms. The third-order valence-corrected chi connectivity index (χ3v) is 3.80. The Bertz CT molecular complexity index is 804. The Kier molecular flexibility index (Phi) is 5.80. The maximum Gasteiger partial charge on any atom is 0.283 e. The molecule has 7 heteroatoms. The number of rotatable bonds is 5. The molecule has 0 saturated carbocycles. The van der Waals surface area contributed by atoms with Gasteiger partial charge in [-0.05, 0) is 42.3 Å². The Morgan fingerprint density at radius 1 is 1.07 bits per heavy atom. The average Bonchev–Trinajstić information content (AvgIpc) is 2.70. The van der Waals surface area contributed by atoms with E-state index in [0.29, 0.717) is 35.3 Å². The summed E-state index contributed by atoms with van der Waals surface area (Å²) in [7, 11) is 0. The highest BCUT2D eigenvalue weighted by molar-refractivity contribution is 5.95. The summed E-state index contributed by atoms with van der Waals surface area (Å²) in [4.78, 5) is 24.4. The minimum absolute atomic E-state index is 0.0700. The number of nitrogens with one attached hydrogen (secondary N) is 2. The highest BCUT2D eigenvalue weighted by atomic mass is 16.6. The first-order valence-corrected chi connectivity index (χ1v) is 8.74. The first kappa shape index (κ1) is 18.6. The minimum Gasteiger partial charge on any atom is -0.493 e. The number of fused-ring (bicyclic) bond motifs is 1. The molecule has 142 valence electrons. The number of carbonyl (C=O) groups excluding carboxylic acids is 2. The van der Waals surface area contributed by atoms with Gasteiger partial charge in [0.25, 0.3) is 11.8 Å². The van der Waals surface area contributed by atoms with Gasteiger partial charge in [-0.3, -0.25) is 20.4 Å². The molecule has 0 unspecified atom stereocenters. The van der Waals surface area contributed by atoms with Crippen LogP contribution in [0.2, 0.25) is 0 Å². The van der Waals surface area contributed by atoms with Gasteiger partial charge in [-0.15, -0.1) is 0 Å². The van der Waals surface area contributed by atoms with Crippen LogP contribution in [0.15, 0.2) is 48.5 Å². The lowest BCUT2D eigenvalue weighted by molar-refractivity contribution is -0.131. The number of carbonyl (C=O) groups is 2. The maximum absolute atomic E-state index is 12.2. The molecule has 1 atom stereocenters. The number of ether oxygens (including phenoxy) is 3. The van der Waals surface area contributed by atoms with E-state index in [9.17, 15) is 9.59 Å². The van der Waals surface area contributed by atoms with Crippen LogP contribution in [0.5, 0.6) is 17.2 Å². The Hall–Kier alpha value is -3.22. The number of benzene rings is 2. The van der Waals surface area contributed by atoms with Gasteiger partial charge in [0, 0.05) is 5.56 Å². The molecule has 0 spiro atoms. The monoisotopic (exact) mass is 370 g/mol. The minimum atomic E-state index is -0.841. The summed E-state index contributed by atoms with van der Waals surface area (Å²) in [6.07, 6.45) is -0.841. The number of hydrogen-bond acceptors (Lipinski definition) is 5. The topological polar surface area (TPSA) is 85.9 Å². The number of para-hydroxylation sites is 2. The molecule has 3 rings (SSSR count). The average molecular weight is 370 g/mol. The van der Waals surface area contributed by atoms with Crippen LogP contribution in [0.25, 0.3) is 0 Å². The van der Waals surface area contributed by atoms with E-state index in [1.165, 1.54) is 0 Å². The molecule has 2 aromatic carbocycles. The van der Waals surface area contributed by atoms with E-state index in [1.54, 1.807) is 42.5 Å². The molecule has 1 heterocycles. The van der Waals surface area contributed by atoms with Crippen LogP contribution in [0.4, 0.5) is 0 Å². The second-order valence-electron chi connectivity index (χ2n) is 6.54. The fourth-order valence-electron chi connectivity index (χ4n) is 2.39. The maximum atomic E-state index is 12.2. The van der Waals surface area contributed by atoms with Gasteiger partial charge in [-0.2, -0.15) is 0 Å². The molecule has 2 aromatic rings. The normalized spacial score (nSPS) is 15.1. The van der Waals surface area contributed by atoms with Crippen LogP contribution >= 0.6 is 0 Å². The highest BCUT2D eigenvalue weighted by Gasteiger charge is 2.27. The SMILES string of the molecule is CC(C)COc1ccc(C(=O)NNC(=O)[C@H]2COc3ccccc3O2)cc1. The van der Waals surface area contributed by atoms with Crippen LogP contribution in [0.3, 0.4) is 0 Å². The summed E-state index contributed by atoms with van der Waals surface area (Å²) in [5, 5.41) is 0. The number of amides is 2. The smallest absolute Gasteiger partial charge is 0.283 e. The third-order valence-electron chi connectivity index (χ3n) is 3.80. The summed E-state index contributed by atoms with van der Waals surface area (Å²) < 4.78 is 16.7. The van der Waals surface area contributed by atoms with Gasteiger partial charge >= 0.3 is 0 Å². The van der Waals surface area contributed by atoms with Crippen molar-refractivity contribution in [3.8, 4) is 17.2 Å². The molecular formula is C20H22N2O5. The molecule has 2 amide bonds. The van der Waals surface area contributed by atoms with E-state index in [-0.39, 0.29) is 6.61 Å². The first-order valence-electron chi connectivity index (χ1n) is 8.74. The lowest BCUT2D eigenvalue weighted by atomic mass is 10.2. The Balaban J connectivity index is 1.49. The van der Waals surface area contributed by atoms with Crippen LogP contribution < -0.4 is 25.1 Å². The summed E-state index contributed by atoms with van der Waals surface area (Å²) in [6.45, 7) is 4.79. The van der Waals surface area contributed by atoms with E-state index in [0.717, 1.165) is 0 Å². The lowest BCUT2D eigenvalue weighted by Gasteiger charge is -2.25. The molecule has 0 fully saturated rings. The number of hydrogen-bond donors (Lipinski definition) is 2. The predicted octanol–water partition coefficient (Wildman–Crippen LogP) is 2.32. The van der Waals surface area contributed by atoms with E-state index < -0.39 is 17.9 Å². The zero-order chi connectivity index (χ0) is 19.2. The van der Waals surface area contributed by atoms with Crippen molar-refractivity contribution in [3.05, 3.63) is 54.1 Å². The van der Waals surface area contributed by atoms with Gasteiger partial charge in [0.2, 0.25) is 6.10 Å². The third kappa shape index (κ3) is 4.91. The predicted molar refractivity (Wildman–Crippen MR) is 98.7 cm³/mol. The van der Waals surface area contributed by atoms with Crippen molar-refractivity contribution in [3.63, 3.8) is 0 Å². The molecule has 7 nitrogen and oxygen atoms in total. The van der Waals surface area contributed by atoms with Crippen molar-refractivity contribution in [1.82, 2.24) is 10.9 Å². The molecule has 0 radical (unpaired) electrons. The second-order valence-corrected chi connectivity index (χ2v) is 6.54. The van der Waals surface area contributed by atoms with Gasteiger partial charge in [-0.1, -0.05) is 26.0 Å². The number of hydrazine groups is 1. The molecular weight excluding hydrogens is 348 g/mol. The van der Waals surface area contributed by atoms with Crippen LogP contribution in [0, 0.1) is 5.92 Å². The van der Waals surface area contributed by atoms with Crippen molar-refractivity contribution in [2.45, 2.75) is 20.0 Å². The lowest BCUT2D eigenvalue weighted by Crippen LogP contribution is -2.50. The molecule has 0 aliphatic carbocycles. The van der Waals surface area contributed by atoms with Crippen molar-refractivity contribution < 1.29 is 23.8 Å². The van der Waals surface area contributed by atoms with Gasteiger partial charge < -0.3 is 14.2 Å². The van der Waals surface area contributed by atoms with Gasteiger partial charge in [0.15, 0.2) is 11.5 Å². The summed E-state index contributed by atoms with van der Waals surface area (Å²) in [5.41, 5.74) is 5.14. The summed E-state index contributed by atoms with van der Waals surface area (Å²) >= 11 is 0. The Morgan fingerprint density at radius 2 is 1.78 bits per heavy atom. The largest absolute Gasteiger partial charge is 0.493 e. The summed E-state index contributed by atoms with van der Waals surface area (Å²) in [5.74, 6) is 1.26. The van der Waals surface area contributed by atoms with Crippen molar-refractivity contribution in [2.75, 3.05) is 13.2 Å². The highest BCUT2D eigenvalue weighted by Crippen LogP contribution is 2.30. The Morgan fingerprint density at radius 3 is 2.48 bits per heavy atom. The van der Waals surface area contributed by atoms with Crippen molar-refractivity contribution >= 4 is 11.8 Å². The van der Waals surface area contributed by atoms with Gasteiger partial charge in [0.05, 0.1) is 6.61 Å². The molecule has 0 saturated heterocycles. The van der Waals surface area contributed by atoms with Crippen molar-refractivity contribution in [1.29, 1.82) is 0 Å². The van der Waals surface area contributed by atoms with Crippen LogP contribution in [-0.2, 0) is 4.79 Å². The van der Waals surface area contributed by atoms with Gasteiger partial charge in [0.1, 0.15) is 12.4 Å². The van der Waals surface area contributed by atoms with Crippen LogP contribution in [0.1, 0.15) is 24.2 Å². The van der Waals surface area contributed by atoms with E-state index in [1.807, 2.05) is 6.07 Å². The van der Waals surface area contributed by atoms with E-state index in [4.69, 9.17) is 14.2 Å². The first-order chi connectivity index (χ1) is 13.0. The summed E-state index contributed by atoms with van der Waals surface area (Å²) in [6, 6.07) is 13.8. The van der Waals surface area contributed by atoms with Crippen molar-refractivity contribution in [2.24, 2.45) is 5.92 Å². The zero-order valence-corrected chi connectivity index (χ0v) is 15.2. The molecule has 0 bridgehead atoms. The fourth-order valence-corrected chi connectivity index (χ4v) is 2.39.